The molecule has 1 fully saturated rings. The van der Waals surface area contributed by atoms with Crippen LogP contribution in [0, 0.1) is 19.8 Å². The van der Waals surface area contributed by atoms with Crippen LogP contribution < -0.4 is 16.0 Å². The molecule has 3 N–H and O–H groups in total. The predicted octanol–water partition coefficient (Wildman–Crippen LogP) is 1.51. The second-order valence-electron chi connectivity index (χ2n) is 6.51. The molecule has 9 heteroatoms. The summed E-state index contributed by atoms with van der Waals surface area (Å²) < 4.78 is 5.10. The van der Waals surface area contributed by atoms with Crippen molar-refractivity contribution in [2.45, 2.75) is 46.6 Å². The SMILES string of the molecule is CCNC(=O)[C@H](C)NC(=O)COC(=O)c1c(NC(=O)C2CC2)sc(C)c1C. The van der Waals surface area contributed by atoms with Crippen LogP contribution in [0.4, 0.5) is 5.00 Å². The molecule has 1 heterocycles. The predicted molar refractivity (Wildman–Crippen MR) is 102 cm³/mol. The summed E-state index contributed by atoms with van der Waals surface area (Å²) in [5.74, 6) is -1.65. The molecule has 1 saturated carbocycles. The first-order chi connectivity index (χ1) is 12.7. The van der Waals surface area contributed by atoms with Gasteiger partial charge in [-0.2, -0.15) is 0 Å². The zero-order chi connectivity index (χ0) is 20.1. The minimum absolute atomic E-state index is 0.0121. The Morgan fingerprint density at radius 3 is 2.48 bits per heavy atom. The Labute approximate surface area is 162 Å². The van der Waals surface area contributed by atoms with Gasteiger partial charge < -0.3 is 20.7 Å². The van der Waals surface area contributed by atoms with E-state index in [9.17, 15) is 19.2 Å². The van der Waals surface area contributed by atoms with E-state index in [2.05, 4.69) is 16.0 Å². The zero-order valence-corrected chi connectivity index (χ0v) is 16.7. The summed E-state index contributed by atoms with van der Waals surface area (Å²) in [6.45, 7) is 6.89. The lowest BCUT2D eigenvalue weighted by molar-refractivity contribution is -0.130. The second kappa shape index (κ2) is 8.98. The van der Waals surface area contributed by atoms with Crippen LogP contribution in [-0.2, 0) is 19.1 Å². The van der Waals surface area contributed by atoms with E-state index in [-0.39, 0.29) is 23.3 Å². The molecule has 0 aliphatic heterocycles. The number of anilines is 1. The summed E-state index contributed by atoms with van der Waals surface area (Å²) in [6.07, 6.45) is 1.72. The van der Waals surface area contributed by atoms with Gasteiger partial charge in [-0.25, -0.2) is 4.79 Å². The van der Waals surface area contributed by atoms with E-state index in [0.29, 0.717) is 17.1 Å². The van der Waals surface area contributed by atoms with Crippen molar-refractivity contribution in [2.75, 3.05) is 18.5 Å². The monoisotopic (exact) mass is 395 g/mol. The number of carbonyl (C=O) groups excluding carboxylic acids is 4. The number of carbonyl (C=O) groups is 4. The lowest BCUT2D eigenvalue weighted by Gasteiger charge is -2.13. The number of nitrogens with one attached hydrogen (secondary N) is 3. The van der Waals surface area contributed by atoms with Crippen LogP contribution in [0.5, 0.6) is 0 Å². The Balaban J connectivity index is 1.96. The van der Waals surface area contributed by atoms with Crippen molar-refractivity contribution in [1.82, 2.24) is 10.6 Å². The third kappa shape index (κ3) is 5.53. The molecule has 0 spiro atoms. The second-order valence-corrected chi connectivity index (χ2v) is 7.74. The maximum atomic E-state index is 12.5. The van der Waals surface area contributed by atoms with E-state index in [0.717, 1.165) is 17.7 Å². The van der Waals surface area contributed by atoms with Gasteiger partial charge >= 0.3 is 5.97 Å². The molecule has 2 rings (SSSR count). The van der Waals surface area contributed by atoms with Crippen LogP contribution in [0.25, 0.3) is 0 Å². The summed E-state index contributed by atoms with van der Waals surface area (Å²) in [5, 5.41) is 8.29. The normalized spacial score (nSPS) is 14.2. The van der Waals surface area contributed by atoms with Crippen LogP contribution in [-0.4, -0.2) is 42.9 Å². The molecule has 0 saturated heterocycles. The van der Waals surface area contributed by atoms with Crippen LogP contribution in [0.15, 0.2) is 0 Å². The summed E-state index contributed by atoms with van der Waals surface area (Å²) in [4.78, 5) is 48.9. The average Bonchev–Trinajstić information content (AvgIpc) is 3.41. The Morgan fingerprint density at radius 2 is 1.89 bits per heavy atom. The number of esters is 1. The minimum Gasteiger partial charge on any atom is -0.452 e. The number of ether oxygens (including phenoxy) is 1. The molecule has 1 aromatic heterocycles. The van der Waals surface area contributed by atoms with E-state index >= 15 is 0 Å². The lowest BCUT2D eigenvalue weighted by atomic mass is 10.1. The molecule has 0 unspecified atom stereocenters. The van der Waals surface area contributed by atoms with Gasteiger partial charge in [0.2, 0.25) is 11.8 Å². The van der Waals surface area contributed by atoms with Gasteiger partial charge in [-0.3, -0.25) is 14.4 Å². The first kappa shape index (κ1) is 20.9. The van der Waals surface area contributed by atoms with Gasteiger partial charge in [-0.05, 0) is 46.1 Å². The highest BCUT2D eigenvalue weighted by atomic mass is 32.1. The van der Waals surface area contributed by atoms with Crippen LogP contribution in [0.2, 0.25) is 0 Å². The van der Waals surface area contributed by atoms with Gasteiger partial charge in [0.25, 0.3) is 5.91 Å². The van der Waals surface area contributed by atoms with E-state index in [1.165, 1.54) is 11.3 Å². The largest absolute Gasteiger partial charge is 0.452 e. The molecule has 8 nitrogen and oxygen atoms in total. The molecule has 148 valence electrons. The number of hydrogen-bond acceptors (Lipinski definition) is 6. The summed E-state index contributed by atoms with van der Waals surface area (Å²) in [7, 11) is 0. The number of likely N-dealkylation sites (N-methyl/N-ethyl adjacent to an activating group) is 1. The number of hydrogen-bond donors (Lipinski definition) is 3. The van der Waals surface area contributed by atoms with Gasteiger partial charge in [-0.15, -0.1) is 11.3 Å². The average molecular weight is 395 g/mol. The fourth-order valence-corrected chi connectivity index (χ4v) is 3.45. The number of rotatable bonds is 8. The topological polar surface area (TPSA) is 114 Å². The maximum absolute atomic E-state index is 12.5. The third-order valence-electron chi connectivity index (χ3n) is 4.23. The van der Waals surface area contributed by atoms with Crippen molar-refractivity contribution in [3.05, 3.63) is 16.0 Å². The first-order valence-electron chi connectivity index (χ1n) is 8.89. The highest BCUT2D eigenvalue weighted by molar-refractivity contribution is 7.16. The Morgan fingerprint density at radius 1 is 1.22 bits per heavy atom. The molecule has 1 aliphatic rings. The van der Waals surface area contributed by atoms with Crippen LogP contribution in [0.3, 0.4) is 0 Å². The molecule has 0 bridgehead atoms. The quantitative estimate of drug-likeness (QED) is 0.578. The van der Waals surface area contributed by atoms with Crippen molar-refractivity contribution < 1.29 is 23.9 Å². The first-order valence-corrected chi connectivity index (χ1v) is 9.71. The van der Waals surface area contributed by atoms with Gasteiger partial charge in [0.15, 0.2) is 6.61 Å². The molecule has 3 amide bonds. The van der Waals surface area contributed by atoms with E-state index < -0.39 is 24.5 Å². The van der Waals surface area contributed by atoms with Gasteiger partial charge in [0.05, 0.1) is 5.56 Å². The molecule has 1 aliphatic carbocycles. The lowest BCUT2D eigenvalue weighted by Crippen LogP contribution is -2.46. The highest BCUT2D eigenvalue weighted by Crippen LogP contribution is 2.36. The van der Waals surface area contributed by atoms with Crippen LogP contribution in [0.1, 0.15) is 47.5 Å². The van der Waals surface area contributed by atoms with Crippen molar-refractivity contribution in [3.63, 3.8) is 0 Å². The number of thiophene rings is 1. The van der Waals surface area contributed by atoms with E-state index in [1.807, 2.05) is 6.92 Å². The molecule has 27 heavy (non-hydrogen) atoms. The summed E-state index contributed by atoms with van der Waals surface area (Å²) in [5.41, 5.74) is 0.989. The van der Waals surface area contributed by atoms with Crippen LogP contribution >= 0.6 is 11.3 Å². The Kier molecular flexibility index (Phi) is 6.95. The van der Waals surface area contributed by atoms with E-state index in [1.54, 1.807) is 20.8 Å². The number of amides is 3. The zero-order valence-electron chi connectivity index (χ0n) is 15.9. The smallest absolute Gasteiger partial charge is 0.341 e. The van der Waals surface area contributed by atoms with Crippen molar-refractivity contribution in [1.29, 1.82) is 0 Å². The van der Waals surface area contributed by atoms with Gasteiger partial charge in [0.1, 0.15) is 11.0 Å². The Hall–Kier alpha value is -2.42. The molecule has 1 atom stereocenters. The molecule has 1 aromatic rings. The van der Waals surface area contributed by atoms with Gasteiger partial charge in [0, 0.05) is 17.3 Å². The molecular weight excluding hydrogens is 370 g/mol. The Bertz CT molecular complexity index is 754. The minimum atomic E-state index is -0.727. The summed E-state index contributed by atoms with van der Waals surface area (Å²) in [6, 6.07) is -0.727. The highest BCUT2D eigenvalue weighted by Gasteiger charge is 2.32. The van der Waals surface area contributed by atoms with Gasteiger partial charge in [-0.1, -0.05) is 0 Å². The summed E-state index contributed by atoms with van der Waals surface area (Å²) >= 11 is 1.31. The third-order valence-corrected chi connectivity index (χ3v) is 5.35. The molecular formula is C18H25N3O5S. The fraction of sp³-hybridized carbons (Fsp3) is 0.556. The van der Waals surface area contributed by atoms with E-state index in [4.69, 9.17) is 4.74 Å². The fourth-order valence-electron chi connectivity index (χ4n) is 2.40. The number of aryl methyl sites for hydroxylation is 1. The molecule has 0 radical (unpaired) electrons. The van der Waals surface area contributed by atoms with Crippen molar-refractivity contribution in [2.24, 2.45) is 5.92 Å². The van der Waals surface area contributed by atoms with Crippen molar-refractivity contribution >= 4 is 40.0 Å². The van der Waals surface area contributed by atoms with Crippen molar-refractivity contribution in [3.8, 4) is 0 Å². The molecule has 0 aromatic carbocycles. The standard InChI is InChI=1S/C18H25N3O5S/c1-5-19-15(23)10(3)20-13(22)8-26-18(25)14-9(2)11(4)27-17(14)21-16(24)12-6-7-12/h10,12H,5-8H2,1-4H3,(H,19,23)(H,20,22)(H,21,24)/t10-/m0/s1. The maximum Gasteiger partial charge on any atom is 0.341 e.